The second-order valence-electron chi connectivity index (χ2n) is 1.09. The minimum atomic E-state index is -0.228. The van der Waals surface area contributed by atoms with Crippen molar-refractivity contribution in [1.29, 1.82) is 0 Å². The summed E-state index contributed by atoms with van der Waals surface area (Å²) in [6.45, 7) is 6.60. The van der Waals surface area contributed by atoms with Crippen LogP contribution in [0, 0.1) is 6.92 Å². The molecule has 0 aliphatic carbocycles. The van der Waals surface area contributed by atoms with Gasteiger partial charge in [0.2, 0.25) is 0 Å². The Kier molecular flexibility index (Phi) is 3.24. The molecule has 0 N–H and O–H groups in total. The zero-order chi connectivity index (χ0) is 5.70. The van der Waals surface area contributed by atoms with E-state index in [-0.39, 0.29) is 13.2 Å². The maximum absolute atomic E-state index is 9.64. The summed E-state index contributed by atoms with van der Waals surface area (Å²) in [6.07, 6.45) is 0. The molecule has 0 fully saturated rings. The van der Waals surface area contributed by atoms with Crippen molar-refractivity contribution in [3.05, 3.63) is 19.3 Å². The molecule has 0 spiro atoms. The van der Waals surface area contributed by atoms with Gasteiger partial charge in [-0.25, -0.2) is 0 Å². The zero-order valence-electron chi connectivity index (χ0n) is 4.14. The first kappa shape index (κ1) is 6.37. The average molecular weight is 100 g/mol. The highest BCUT2D eigenvalue weighted by atomic mass is 16.5. The topological polar surface area (TPSA) is 32.3 Å². The molecule has 2 nitrogen and oxygen atoms in total. The molecular weight excluding hydrogens is 92.1 g/mol. The molecule has 7 heavy (non-hydrogen) atoms. The SMILES string of the molecule is C=C([CH2+])OCC[O-]. The largest absolute Gasteiger partial charge is 0.852 e. The van der Waals surface area contributed by atoms with Crippen LogP contribution in [-0.4, -0.2) is 13.2 Å². The fourth-order valence-electron chi connectivity index (χ4n) is 0.186. The molecule has 0 rings (SSSR count). The third-order valence-electron chi connectivity index (χ3n) is 0.390. The highest BCUT2D eigenvalue weighted by molar-refractivity contribution is 4.84. The van der Waals surface area contributed by atoms with Gasteiger partial charge < -0.3 is 9.84 Å². The molecule has 0 aromatic carbocycles. The molecule has 2 heteroatoms. The smallest absolute Gasteiger partial charge is 0.269 e. The Hall–Kier alpha value is -0.630. The predicted octanol–water partition coefficient (Wildman–Crippen LogP) is -0.289. The van der Waals surface area contributed by atoms with E-state index in [2.05, 4.69) is 18.2 Å². The van der Waals surface area contributed by atoms with Crippen LogP contribution in [0.15, 0.2) is 12.3 Å². The Morgan fingerprint density at radius 3 is 2.57 bits per heavy atom. The Bertz CT molecular complexity index is 59.1. The summed E-state index contributed by atoms with van der Waals surface area (Å²) in [6, 6.07) is 0. The van der Waals surface area contributed by atoms with Gasteiger partial charge in [0.25, 0.3) is 5.76 Å². The van der Waals surface area contributed by atoms with Crippen molar-refractivity contribution in [2.24, 2.45) is 0 Å². The monoisotopic (exact) mass is 100 g/mol. The van der Waals surface area contributed by atoms with E-state index in [0.29, 0.717) is 5.76 Å². The molecule has 40 valence electrons. The van der Waals surface area contributed by atoms with Gasteiger partial charge in [-0.05, 0) is 0 Å². The van der Waals surface area contributed by atoms with Crippen LogP contribution in [0.5, 0.6) is 0 Å². The van der Waals surface area contributed by atoms with Crippen LogP contribution < -0.4 is 5.11 Å². The first-order valence-electron chi connectivity index (χ1n) is 1.99. The van der Waals surface area contributed by atoms with Crippen molar-refractivity contribution in [3.8, 4) is 0 Å². The van der Waals surface area contributed by atoms with Crippen LogP contribution >= 0.6 is 0 Å². The lowest BCUT2D eigenvalue weighted by molar-refractivity contribution is -0.372. The fraction of sp³-hybridized carbons (Fsp3) is 0.400. The van der Waals surface area contributed by atoms with E-state index < -0.39 is 0 Å². The molecule has 0 radical (unpaired) electrons. The van der Waals surface area contributed by atoms with Gasteiger partial charge in [0.15, 0.2) is 0 Å². The van der Waals surface area contributed by atoms with Crippen LogP contribution in [-0.2, 0) is 4.74 Å². The Morgan fingerprint density at radius 1 is 1.86 bits per heavy atom. The summed E-state index contributed by atoms with van der Waals surface area (Å²) in [7, 11) is 0. The lowest BCUT2D eigenvalue weighted by Crippen LogP contribution is -2.11. The molecule has 0 aromatic heterocycles. The number of hydrogen-bond acceptors (Lipinski definition) is 2. The van der Waals surface area contributed by atoms with Crippen LogP contribution in [0.1, 0.15) is 0 Å². The van der Waals surface area contributed by atoms with Gasteiger partial charge in [-0.15, -0.1) is 6.61 Å². The Morgan fingerprint density at radius 2 is 2.43 bits per heavy atom. The normalized spacial score (nSPS) is 8.14. The molecule has 0 unspecified atom stereocenters. The van der Waals surface area contributed by atoms with Crippen molar-refractivity contribution >= 4 is 0 Å². The predicted molar refractivity (Wildman–Crippen MR) is 25.3 cm³/mol. The Labute approximate surface area is 43.4 Å². The lowest BCUT2D eigenvalue weighted by atomic mass is 10.6. The van der Waals surface area contributed by atoms with Crippen LogP contribution in [0.3, 0.4) is 0 Å². The number of allylic oxidation sites excluding steroid dienone is 1. The average Bonchev–Trinajstić information content (AvgIpc) is 1.61. The number of ether oxygens (including phenoxy) is 1. The fourth-order valence-corrected chi connectivity index (χ4v) is 0.186. The highest BCUT2D eigenvalue weighted by Gasteiger charge is 1.84. The summed E-state index contributed by atoms with van der Waals surface area (Å²) in [5.74, 6) is 0.357. The molecule has 0 heterocycles. The van der Waals surface area contributed by atoms with Crippen molar-refractivity contribution in [2.45, 2.75) is 0 Å². The van der Waals surface area contributed by atoms with Crippen LogP contribution in [0.25, 0.3) is 0 Å². The summed E-state index contributed by atoms with van der Waals surface area (Å²) < 4.78 is 4.57. The molecule has 0 aliphatic heterocycles. The third-order valence-corrected chi connectivity index (χ3v) is 0.390. The summed E-state index contributed by atoms with van der Waals surface area (Å²) in [4.78, 5) is 0. The van der Waals surface area contributed by atoms with E-state index in [1.54, 1.807) is 0 Å². The van der Waals surface area contributed by atoms with E-state index in [4.69, 9.17) is 0 Å². The molecular formula is C5H8O2. The standard InChI is InChI=1S/C5H8O2/c1-5(2)7-4-3-6/h1-4H2. The Balaban J connectivity index is 2.82. The quantitative estimate of drug-likeness (QED) is 0.360. The van der Waals surface area contributed by atoms with Gasteiger partial charge in [-0.1, -0.05) is 0 Å². The maximum Gasteiger partial charge on any atom is 0.269 e. The molecule has 0 saturated carbocycles. The van der Waals surface area contributed by atoms with E-state index in [9.17, 15) is 5.11 Å². The second kappa shape index (κ2) is 3.56. The molecule has 0 aliphatic rings. The third kappa shape index (κ3) is 5.37. The first-order valence-corrected chi connectivity index (χ1v) is 1.99. The van der Waals surface area contributed by atoms with Crippen molar-refractivity contribution < 1.29 is 9.84 Å². The van der Waals surface area contributed by atoms with E-state index in [1.165, 1.54) is 0 Å². The summed E-state index contributed by atoms with van der Waals surface area (Å²) >= 11 is 0. The van der Waals surface area contributed by atoms with Gasteiger partial charge in [0.1, 0.15) is 0 Å². The van der Waals surface area contributed by atoms with Crippen molar-refractivity contribution in [1.82, 2.24) is 0 Å². The minimum Gasteiger partial charge on any atom is -0.852 e. The van der Waals surface area contributed by atoms with E-state index >= 15 is 0 Å². The van der Waals surface area contributed by atoms with Crippen molar-refractivity contribution in [2.75, 3.05) is 13.2 Å². The molecule has 0 bridgehead atoms. The van der Waals surface area contributed by atoms with Crippen LogP contribution in [0.2, 0.25) is 0 Å². The molecule has 0 atom stereocenters. The zero-order valence-corrected chi connectivity index (χ0v) is 4.14. The number of hydrogen-bond donors (Lipinski definition) is 0. The van der Waals surface area contributed by atoms with E-state index in [1.807, 2.05) is 0 Å². The molecule has 0 saturated heterocycles. The minimum absolute atomic E-state index is 0.183. The van der Waals surface area contributed by atoms with Crippen molar-refractivity contribution in [3.63, 3.8) is 0 Å². The molecule has 0 amide bonds. The first-order chi connectivity index (χ1) is 3.27. The van der Waals surface area contributed by atoms with Gasteiger partial charge in [-0.2, -0.15) is 0 Å². The maximum atomic E-state index is 9.64. The number of rotatable bonds is 3. The highest BCUT2D eigenvalue weighted by Crippen LogP contribution is 1.84. The molecule has 0 aromatic rings. The summed E-state index contributed by atoms with van der Waals surface area (Å²) in [5, 5.41) is 9.64. The van der Waals surface area contributed by atoms with Crippen LogP contribution in [0.4, 0.5) is 0 Å². The summed E-state index contributed by atoms with van der Waals surface area (Å²) in [5.41, 5.74) is 0. The van der Waals surface area contributed by atoms with E-state index in [0.717, 1.165) is 0 Å². The lowest BCUT2D eigenvalue weighted by Gasteiger charge is -2.00. The van der Waals surface area contributed by atoms with Gasteiger partial charge >= 0.3 is 0 Å². The van der Waals surface area contributed by atoms with Gasteiger partial charge in [0, 0.05) is 0 Å². The van der Waals surface area contributed by atoms with Gasteiger partial charge in [0.05, 0.1) is 20.1 Å². The van der Waals surface area contributed by atoms with Gasteiger partial charge in [-0.3, -0.25) is 0 Å². The second-order valence-corrected chi connectivity index (χ2v) is 1.09.